The molecule has 0 spiro atoms. The number of benzene rings is 6. The first-order valence-electron chi connectivity index (χ1n) is 12.5. The monoisotopic (exact) mass is 585 g/mol. The van der Waals surface area contributed by atoms with Crippen molar-refractivity contribution in [2.24, 2.45) is 0 Å². The fraction of sp³-hybridized carbons (Fsp3) is 0. The van der Waals surface area contributed by atoms with Gasteiger partial charge in [-0.3, -0.25) is 0 Å². The Balaban J connectivity index is 1.39. The van der Waals surface area contributed by atoms with Crippen LogP contribution < -0.4 is 4.90 Å². The Morgan fingerprint density at radius 1 is 0.447 bits per heavy atom. The molecule has 4 heteroatoms. The highest BCUT2D eigenvalue weighted by Crippen LogP contribution is 2.44. The molecule has 0 radical (unpaired) electrons. The second kappa shape index (κ2) is 8.67. The Labute approximate surface area is 236 Å². The van der Waals surface area contributed by atoms with Crippen LogP contribution in [0.2, 0.25) is 0 Å². The van der Waals surface area contributed by atoms with E-state index in [9.17, 15) is 0 Å². The van der Waals surface area contributed by atoms with Gasteiger partial charge in [0.25, 0.3) is 0 Å². The number of thiophene rings is 2. The minimum atomic E-state index is 1.12. The predicted octanol–water partition coefficient (Wildman–Crippen LogP) is 11.8. The Hall–Kier alpha value is -3.70. The molecule has 8 rings (SSSR count). The third-order valence-corrected chi connectivity index (χ3v) is 10.0. The lowest BCUT2D eigenvalue weighted by Gasteiger charge is -2.27. The molecule has 0 fully saturated rings. The zero-order chi connectivity index (χ0) is 25.2. The molecule has 1 nitrogen and oxygen atoms in total. The minimum Gasteiger partial charge on any atom is -0.310 e. The summed E-state index contributed by atoms with van der Waals surface area (Å²) < 4.78 is 6.35. The summed E-state index contributed by atoms with van der Waals surface area (Å²) in [6.45, 7) is 0. The smallest absolute Gasteiger partial charge is 0.0540 e. The van der Waals surface area contributed by atoms with E-state index >= 15 is 0 Å². The number of halogens is 1. The third kappa shape index (κ3) is 3.48. The highest BCUT2D eigenvalue weighted by molar-refractivity contribution is 9.10. The highest BCUT2D eigenvalue weighted by atomic mass is 79.9. The molecule has 0 bridgehead atoms. The third-order valence-electron chi connectivity index (χ3n) is 7.31. The summed E-state index contributed by atoms with van der Waals surface area (Å²) in [7, 11) is 0. The van der Waals surface area contributed by atoms with Gasteiger partial charge in [-0.2, -0.15) is 0 Å². The summed E-state index contributed by atoms with van der Waals surface area (Å²) in [5.74, 6) is 0. The van der Waals surface area contributed by atoms with Crippen molar-refractivity contribution < 1.29 is 0 Å². The standard InChI is InChI=1S/C34H20BrNS2/c35-22-12-15-27-29-17-14-24(20-34(29)38-32(27)18-22)36(30-10-5-7-21-6-1-2-8-25(21)30)23-13-16-28-26-9-3-4-11-31(26)37-33(28)19-23/h1-20H. The molecule has 2 heterocycles. The molecule has 8 aromatic rings. The lowest BCUT2D eigenvalue weighted by Crippen LogP contribution is -2.10. The quantitative estimate of drug-likeness (QED) is 0.199. The van der Waals surface area contributed by atoms with E-state index < -0.39 is 0 Å². The van der Waals surface area contributed by atoms with E-state index in [1.807, 2.05) is 22.7 Å². The van der Waals surface area contributed by atoms with E-state index in [2.05, 4.69) is 142 Å². The molecular weight excluding hydrogens is 566 g/mol. The van der Waals surface area contributed by atoms with Crippen LogP contribution in [-0.4, -0.2) is 0 Å². The maximum absolute atomic E-state index is 3.64. The predicted molar refractivity (Wildman–Crippen MR) is 172 cm³/mol. The van der Waals surface area contributed by atoms with Crippen molar-refractivity contribution in [3.63, 3.8) is 0 Å². The number of anilines is 3. The van der Waals surface area contributed by atoms with E-state index in [1.54, 1.807) is 0 Å². The normalized spacial score (nSPS) is 11.8. The summed E-state index contributed by atoms with van der Waals surface area (Å²) >= 11 is 7.36. The van der Waals surface area contributed by atoms with Crippen LogP contribution >= 0.6 is 38.6 Å². The van der Waals surface area contributed by atoms with Crippen LogP contribution in [0.5, 0.6) is 0 Å². The van der Waals surface area contributed by atoms with Gasteiger partial charge in [0.05, 0.1) is 5.69 Å². The van der Waals surface area contributed by atoms with Gasteiger partial charge in [-0.25, -0.2) is 0 Å². The van der Waals surface area contributed by atoms with Crippen molar-refractivity contribution in [2.75, 3.05) is 4.90 Å². The average molecular weight is 587 g/mol. The van der Waals surface area contributed by atoms with Crippen LogP contribution in [0.1, 0.15) is 0 Å². The van der Waals surface area contributed by atoms with Gasteiger partial charge in [-0.05, 0) is 53.9 Å². The first-order valence-corrected chi connectivity index (χ1v) is 15.0. The van der Waals surface area contributed by atoms with E-state index in [-0.39, 0.29) is 0 Å². The molecule has 0 saturated carbocycles. The number of hydrogen-bond acceptors (Lipinski definition) is 3. The lowest BCUT2D eigenvalue weighted by molar-refractivity contribution is 1.31. The molecule has 0 unspecified atom stereocenters. The Kier molecular flexibility index (Phi) is 5.09. The molecular formula is C34H20BrNS2. The topological polar surface area (TPSA) is 3.24 Å². The number of rotatable bonds is 3. The largest absolute Gasteiger partial charge is 0.310 e. The molecule has 6 aromatic carbocycles. The number of hydrogen-bond donors (Lipinski definition) is 0. The van der Waals surface area contributed by atoms with Crippen molar-refractivity contribution in [2.45, 2.75) is 0 Å². The Bertz CT molecular complexity index is 2170. The van der Waals surface area contributed by atoms with Crippen molar-refractivity contribution in [1.29, 1.82) is 0 Å². The van der Waals surface area contributed by atoms with Gasteiger partial charge >= 0.3 is 0 Å². The van der Waals surface area contributed by atoms with Crippen LogP contribution in [0.25, 0.3) is 51.1 Å². The molecule has 0 N–H and O–H groups in total. The molecule has 0 amide bonds. The molecule has 0 atom stereocenters. The second-order valence-electron chi connectivity index (χ2n) is 9.54. The molecule has 180 valence electrons. The van der Waals surface area contributed by atoms with Crippen LogP contribution in [0.4, 0.5) is 17.1 Å². The molecule has 0 aliphatic carbocycles. The molecule has 0 aliphatic rings. The Morgan fingerprint density at radius 3 is 1.76 bits per heavy atom. The first-order chi connectivity index (χ1) is 18.7. The van der Waals surface area contributed by atoms with Crippen molar-refractivity contribution in [3.05, 3.63) is 126 Å². The van der Waals surface area contributed by atoms with Crippen LogP contribution in [0, 0.1) is 0 Å². The van der Waals surface area contributed by atoms with Crippen molar-refractivity contribution in [1.82, 2.24) is 0 Å². The summed E-state index contributed by atoms with van der Waals surface area (Å²) in [6, 6.07) is 44.4. The molecule has 0 aliphatic heterocycles. The highest BCUT2D eigenvalue weighted by Gasteiger charge is 2.18. The van der Waals surface area contributed by atoms with Crippen molar-refractivity contribution in [3.8, 4) is 0 Å². The van der Waals surface area contributed by atoms with Gasteiger partial charge in [0.1, 0.15) is 0 Å². The summed E-state index contributed by atoms with van der Waals surface area (Å²) in [5.41, 5.74) is 3.52. The summed E-state index contributed by atoms with van der Waals surface area (Å²) in [6.07, 6.45) is 0. The van der Waals surface area contributed by atoms with Gasteiger partial charge < -0.3 is 4.90 Å². The SMILES string of the molecule is Brc1ccc2c(c1)sc1cc(N(c3ccc4c(c3)sc3ccccc34)c3cccc4ccccc34)ccc12. The maximum Gasteiger partial charge on any atom is 0.0540 e. The first kappa shape index (κ1) is 22.3. The van der Waals surface area contributed by atoms with E-state index in [1.165, 1.54) is 68.2 Å². The summed E-state index contributed by atoms with van der Waals surface area (Å²) in [5, 5.41) is 7.74. The molecule has 2 aromatic heterocycles. The lowest BCUT2D eigenvalue weighted by atomic mass is 10.1. The molecule has 0 saturated heterocycles. The van der Waals surface area contributed by atoms with Gasteiger partial charge in [-0.1, -0.05) is 88.7 Å². The Morgan fingerprint density at radius 2 is 1.00 bits per heavy atom. The minimum absolute atomic E-state index is 1.12. The van der Waals surface area contributed by atoms with Crippen LogP contribution in [-0.2, 0) is 0 Å². The number of nitrogens with zero attached hydrogens (tertiary/aromatic N) is 1. The van der Waals surface area contributed by atoms with Crippen LogP contribution in [0.3, 0.4) is 0 Å². The fourth-order valence-electron chi connectivity index (χ4n) is 5.56. The average Bonchev–Trinajstić information content (AvgIpc) is 3.50. The summed E-state index contributed by atoms with van der Waals surface area (Å²) in [4.78, 5) is 2.42. The van der Waals surface area contributed by atoms with Gasteiger partial charge in [-0.15, -0.1) is 22.7 Å². The zero-order valence-corrected chi connectivity index (χ0v) is 23.4. The fourth-order valence-corrected chi connectivity index (χ4v) is 8.39. The van der Waals surface area contributed by atoms with E-state index in [0.717, 1.165) is 4.47 Å². The zero-order valence-electron chi connectivity index (χ0n) is 20.2. The molecule has 38 heavy (non-hydrogen) atoms. The van der Waals surface area contributed by atoms with Crippen molar-refractivity contribution >= 4 is 107 Å². The second-order valence-corrected chi connectivity index (χ2v) is 12.6. The number of fused-ring (bicyclic) bond motifs is 7. The van der Waals surface area contributed by atoms with Gasteiger partial charge in [0, 0.05) is 61.6 Å². The van der Waals surface area contributed by atoms with Gasteiger partial charge in [0.2, 0.25) is 0 Å². The van der Waals surface area contributed by atoms with Crippen LogP contribution in [0.15, 0.2) is 126 Å². The van der Waals surface area contributed by atoms with Gasteiger partial charge in [0.15, 0.2) is 0 Å². The van der Waals surface area contributed by atoms with E-state index in [4.69, 9.17) is 0 Å². The maximum atomic E-state index is 3.64. The van der Waals surface area contributed by atoms with E-state index in [0.29, 0.717) is 0 Å².